The molecule has 3 rings (SSSR count). The molecule has 0 saturated heterocycles. The average Bonchev–Trinajstić information content (AvgIpc) is 3.05. The molecule has 3 aromatic heterocycles. The second-order valence-electron chi connectivity index (χ2n) is 4.83. The summed E-state index contributed by atoms with van der Waals surface area (Å²) in [6.07, 6.45) is 5.59. The van der Waals surface area contributed by atoms with E-state index < -0.39 is 0 Å². The molecule has 0 amide bonds. The van der Waals surface area contributed by atoms with E-state index in [1.54, 1.807) is 17.8 Å². The lowest BCUT2D eigenvalue weighted by molar-refractivity contribution is 0.111. The fourth-order valence-electron chi connectivity index (χ4n) is 2.38. The number of rotatable bonds is 4. The van der Waals surface area contributed by atoms with Crippen molar-refractivity contribution in [1.82, 2.24) is 14.5 Å². The molecule has 0 saturated carbocycles. The van der Waals surface area contributed by atoms with E-state index in [1.165, 1.54) is 17.6 Å². The number of carbonyl (C=O) groups excluding carboxylic acids is 1. The number of fused-ring (bicyclic) bond motifs is 1. The Kier molecular flexibility index (Phi) is 3.39. The summed E-state index contributed by atoms with van der Waals surface area (Å²) in [6.45, 7) is 2.08. The van der Waals surface area contributed by atoms with Gasteiger partial charge in [0.05, 0.1) is 10.4 Å². The van der Waals surface area contributed by atoms with Gasteiger partial charge in [-0.25, -0.2) is 4.98 Å². The van der Waals surface area contributed by atoms with Crippen molar-refractivity contribution in [2.24, 2.45) is 7.05 Å². The predicted molar refractivity (Wildman–Crippen MR) is 83.6 cm³/mol. The maximum atomic E-state index is 11.2. The number of aryl methyl sites for hydroxylation is 1. The van der Waals surface area contributed by atoms with Crippen LogP contribution in [0.4, 0.5) is 0 Å². The highest BCUT2D eigenvalue weighted by Crippen LogP contribution is 2.34. The summed E-state index contributed by atoms with van der Waals surface area (Å²) in [5.41, 5.74) is 3.00. The van der Waals surface area contributed by atoms with Crippen LogP contribution in [-0.2, 0) is 7.05 Å². The Morgan fingerprint density at radius 1 is 1.48 bits per heavy atom. The highest BCUT2D eigenvalue weighted by molar-refractivity contribution is 7.19. The van der Waals surface area contributed by atoms with Crippen molar-refractivity contribution >= 4 is 34.2 Å². The number of nitrogens with one attached hydrogen (secondary N) is 1. The largest absolute Gasteiger partial charge is 0.325 e. The molecule has 0 aliphatic carbocycles. The van der Waals surface area contributed by atoms with Gasteiger partial charge >= 0.3 is 0 Å². The van der Waals surface area contributed by atoms with Crippen molar-refractivity contribution in [3.8, 4) is 0 Å². The molecule has 0 aliphatic rings. The Bertz CT molecular complexity index is 819. The average molecular weight is 298 g/mol. The number of carbonyl (C=O) groups is 1. The van der Waals surface area contributed by atoms with Crippen molar-refractivity contribution in [2.45, 2.75) is 12.8 Å². The first kappa shape index (κ1) is 13.6. The standard InChI is InChI=1S/C15H14N4OS/c1-9(10-4-3-5-17-7-10)15-18-14-13(21-15)11(6-16)12(8-20)19(14)2/h3-9,16H,1-2H3. The van der Waals surface area contributed by atoms with Gasteiger partial charge in [-0.2, -0.15) is 0 Å². The van der Waals surface area contributed by atoms with Crippen LogP contribution in [0, 0.1) is 5.41 Å². The minimum absolute atomic E-state index is 0.134. The van der Waals surface area contributed by atoms with Crippen molar-refractivity contribution in [2.75, 3.05) is 0 Å². The van der Waals surface area contributed by atoms with Gasteiger partial charge in [0.2, 0.25) is 0 Å². The van der Waals surface area contributed by atoms with Gasteiger partial charge in [-0.05, 0) is 11.6 Å². The number of aldehydes is 1. The van der Waals surface area contributed by atoms with E-state index in [0.29, 0.717) is 11.3 Å². The molecule has 6 heteroatoms. The zero-order chi connectivity index (χ0) is 15.0. The molecular weight excluding hydrogens is 284 g/mol. The molecule has 21 heavy (non-hydrogen) atoms. The number of pyridine rings is 1. The summed E-state index contributed by atoms with van der Waals surface area (Å²) < 4.78 is 2.64. The molecule has 0 fully saturated rings. The molecule has 1 unspecified atom stereocenters. The van der Waals surface area contributed by atoms with Gasteiger partial charge in [-0.1, -0.05) is 13.0 Å². The maximum absolute atomic E-state index is 11.2. The van der Waals surface area contributed by atoms with E-state index in [1.807, 2.05) is 18.3 Å². The van der Waals surface area contributed by atoms with Crippen LogP contribution in [0.15, 0.2) is 24.5 Å². The van der Waals surface area contributed by atoms with Crippen LogP contribution in [0.1, 0.15) is 39.5 Å². The van der Waals surface area contributed by atoms with Crippen LogP contribution in [0.2, 0.25) is 0 Å². The van der Waals surface area contributed by atoms with Gasteiger partial charge in [0, 0.05) is 37.1 Å². The van der Waals surface area contributed by atoms with Gasteiger partial charge in [0.25, 0.3) is 0 Å². The topological polar surface area (TPSA) is 71.6 Å². The van der Waals surface area contributed by atoms with Crippen LogP contribution in [0.25, 0.3) is 10.3 Å². The lowest BCUT2D eigenvalue weighted by Gasteiger charge is -2.07. The lowest BCUT2D eigenvalue weighted by atomic mass is 10.0. The fourth-order valence-corrected chi connectivity index (χ4v) is 3.59. The zero-order valence-electron chi connectivity index (χ0n) is 11.7. The second-order valence-corrected chi connectivity index (χ2v) is 5.86. The molecule has 5 nitrogen and oxygen atoms in total. The number of hydrogen-bond acceptors (Lipinski definition) is 5. The van der Waals surface area contributed by atoms with Crippen LogP contribution >= 0.6 is 11.3 Å². The van der Waals surface area contributed by atoms with Gasteiger partial charge < -0.3 is 9.98 Å². The van der Waals surface area contributed by atoms with Crippen LogP contribution in [0.3, 0.4) is 0 Å². The number of thiazole rings is 1. The summed E-state index contributed by atoms with van der Waals surface area (Å²) in [5.74, 6) is 0.134. The van der Waals surface area contributed by atoms with Crippen LogP contribution < -0.4 is 0 Å². The highest BCUT2D eigenvalue weighted by Gasteiger charge is 2.20. The van der Waals surface area contributed by atoms with Gasteiger partial charge in [0.1, 0.15) is 5.01 Å². The first-order valence-corrected chi connectivity index (χ1v) is 7.33. The Morgan fingerprint density at radius 3 is 2.90 bits per heavy atom. The molecule has 0 aromatic carbocycles. The normalized spacial score (nSPS) is 12.5. The summed E-state index contributed by atoms with van der Waals surface area (Å²) in [5, 5.41) is 8.50. The number of aromatic nitrogens is 3. The van der Waals surface area contributed by atoms with Crippen molar-refractivity contribution in [3.05, 3.63) is 46.4 Å². The fraction of sp³-hybridized carbons (Fsp3) is 0.200. The van der Waals surface area contributed by atoms with Gasteiger partial charge in [-0.3, -0.25) is 9.78 Å². The molecule has 0 bridgehead atoms. The molecule has 0 radical (unpaired) electrons. The highest BCUT2D eigenvalue weighted by atomic mass is 32.1. The van der Waals surface area contributed by atoms with E-state index in [-0.39, 0.29) is 5.92 Å². The smallest absolute Gasteiger partial charge is 0.167 e. The molecule has 3 aromatic rings. The Morgan fingerprint density at radius 2 is 2.29 bits per heavy atom. The molecule has 1 atom stereocenters. The number of nitrogens with zero attached hydrogens (tertiary/aromatic N) is 3. The van der Waals surface area contributed by atoms with Crippen LogP contribution in [0.5, 0.6) is 0 Å². The third kappa shape index (κ3) is 2.08. The third-order valence-electron chi connectivity index (χ3n) is 3.64. The summed E-state index contributed by atoms with van der Waals surface area (Å²) in [4.78, 5) is 20.0. The Balaban J connectivity index is 2.14. The van der Waals surface area contributed by atoms with Gasteiger partial charge in [0.15, 0.2) is 11.9 Å². The quantitative estimate of drug-likeness (QED) is 0.594. The maximum Gasteiger partial charge on any atom is 0.167 e. The van der Waals surface area contributed by atoms with E-state index in [0.717, 1.165) is 27.2 Å². The molecule has 3 heterocycles. The first-order chi connectivity index (χ1) is 10.2. The molecule has 1 N–H and O–H groups in total. The van der Waals surface area contributed by atoms with Crippen molar-refractivity contribution < 1.29 is 4.79 Å². The van der Waals surface area contributed by atoms with E-state index in [2.05, 4.69) is 16.9 Å². The minimum Gasteiger partial charge on any atom is -0.325 e. The molecule has 106 valence electrons. The zero-order valence-corrected chi connectivity index (χ0v) is 12.5. The SMILES string of the molecule is CC(c1cccnc1)c1nc2c(s1)c(C=N)c(C=O)n2C. The first-order valence-electron chi connectivity index (χ1n) is 6.52. The third-order valence-corrected chi connectivity index (χ3v) is 4.90. The summed E-state index contributed by atoms with van der Waals surface area (Å²) >= 11 is 1.53. The van der Waals surface area contributed by atoms with Crippen molar-refractivity contribution in [1.29, 1.82) is 5.41 Å². The minimum atomic E-state index is 0.134. The Hall–Kier alpha value is -2.34. The monoisotopic (exact) mass is 298 g/mol. The van der Waals surface area contributed by atoms with E-state index in [9.17, 15) is 4.79 Å². The van der Waals surface area contributed by atoms with Gasteiger partial charge in [-0.15, -0.1) is 11.3 Å². The Labute approximate surface area is 125 Å². The van der Waals surface area contributed by atoms with Crippen LogP contribution in [-0.4, -0.2) is 27.0 Å². The van der Waals surface area contributed by atoms with E-state index >= 15 is 0 Å². The summed E-state index contributed by atoms with van der Waals surface area (Å²) in [7, 11) is 1.80. The lowest BCUT2D eigenvalue weighted by Crippen LogP contribution is -2.00. The van der Waals surface area contributed by atoms with E-state index in [4.69, 9.17) is 5.41 Å². The summed E-state index contributed by atoms with van der Waals surface area (Å²) in [6, 6.07) is 3.94. The second kappa shape index (κ2) is 5.21. The molecule has 0 aliphatic heterocycles. The molecular formula is C15H14N4OS. The molecule has 0 spiro atoms. The number of hydrogen-bond donors (Lipinski definition) is 1. The van der Waals surface area contributed by atoms with Crippen molar-refractivity contribution in [3.63, 3.8) is 0 Å². The predicted octanol–water partition coefficient (Wildman–Crippen LogP) is 2.99.